The van der Waals surface area contributed by atoms with Gasteiger partial charge < -0.3 is 4.74 Å². The Morgan fingerprint density at radius 3 is 2.52 bits per heavy atom. The summed E-state index contributed by atoms with van der Waals surface area (Å²) < 4.78 is 6.61. The molecule has 0 bridgehead atoms. The van der Waals surface area contributed by atoms with E-state index in [0.29, 0.717) is 16.8 Å². The van der Waals surface area contributed by atoms with Gasteiger partial charge in [0, 0.05) is 5.56 Å². The number of esters is 1. The minimum Gasteiger partial charge on any atom is -0.454 e. The maximum absolute atomic E-state index is 12.3. The van der Waals surface area contributed by atoms with Crippen LogP contribution in [-0.2, 0) is 4.74 Å². The van der Waals surface area contributed by atoms with Gasteiger partial charge in [0.15, 0.2) is 6.61 Å². The molecule has 0 spiro atoms. The van der Waals surface area contributed by atoms with Crippen molar-refractivity contribution >= 4 is 11.8 Å². The van der Waals surface area contributed by atoms with Crippen molar-refractivity contribution in [3.05, 3.63) is 71.0 Å². The lowest BCUT2D eigenvalue weighted by atomic mass is 10.0. The fraction of sp³-hybridized carbons (Fsp3) is 0.167. The largest absolute Gasteiger partial charge is 0.454 e. The molecule has 0 saturated carbocycles. The second-order valence-electron chi connectivity index (χ2n) is 5.62. The number of rotatable bonds is 5. The molecule has 0 N–H and O–H groups in total. The highest BCUT2D eigenvalue weighted by Crippen LogP contribution is 2.13. The lowest BCUT2D eigenvalue weighted by molar-refractivity contribution is 0.0474. The summed E-state index contributed by atoms with van der Waals surface area (Å²) in [7, 11) is 0. The molecule has 3 rings (SSSR count). The molecule has 1 aromatic heterocycles. The average molecular weight is 336 g/mol. The number of aromatic nitrogens is 4. The lowest BCUT2D eigenvalue weighted by Crippen LogP contribution is -2.15. The molecule has 0 atom stereocenters. The van der Waals surface area contributed by atoms with Gasteiger partial charge in [0.2, 0.25) is 5.78 Å². The van der Waals surface area contributed by atoms with Gasteiger partial charge in [-0.25, -0.2) is 9.48 Å². The molecule has 3 aromatic rings. The molecule has 0 aliphatic rings. The summed E-state index contributed by atoms with van der Waals surface area (Å²) >= 11 is 0. The molecule has 2 aromatic carbocycles. The summed E-state index contributed by atoms with van der Waals surface area (Å²) in [5.74, 6) is -0.776. The second kappa shape index (κ2) is 7.04. The van der Waals surface area contributed by atoms with Crippen LogP contribution in [0.4, 0.5) is 0 Å². The number of carbonyl (C=O) groups is 2. The Bertz CT molecular complexity index is 903. The average Bonchev–Trinajstić information content (AvgIpc) is 3.16. The van der Waals surface area contributed by atoms with Crippen LogP contribution in [0.1, 0.15) is 31.8 Å². The van der Waals surface area contributed by atoms with E-state index in [1.54, 1.807) is 30.3 Å². The van der Waals surface area contributed by atoms with Crippen molar-refractivity contribution in [2.45, 2.75) is 13.8 Å². The molecule has 0 unspecified atom stereocenters. The summed E-state index contributed by atoms with van der Waals surface area (Å²) in [6, 6.07) is 12.2. The first-order valence-corrected chi connectivity index (χ1v) is 7.65. The van der Waals surface area contributed by atoms with E-state index in [-0.39, 0.29) is 12.4 Å². The van der Waals surface area contributed by atoms with Gasteiger partial charge in [-0.15, -0.1) is 5.10 Å². The number of tetrazole rings is 1. The van der Waals surface area contributed by atoms with E-state index in [9.17, 15) is 9.59 Å². The number of aryl methyl sites for hydroxylation is 2. The van der Waals surface area contributed by atoms with Gasteiger partial charge in [-0.2, -0.15) is 0 Å². The number of nitrogens with zero attached hydrogens (tertiary/aromatic N) is 4. The summed E-state index contributed by atoms with van der Waals surface area (Å²) in [4.78, 5) is 24.4. The first-order valence-electron chi connectivity index (χ1n) is 7.65. The number of ketones is 1. The van der Waals surface area contributed by atoms with Crippen LogP contribution in [0.5, 0.6) is 0 Å². The maximum atomic E-state index is 12.3. The van der Waals surface area contributed by atoms with Gasteiger partial charge in [-0.3, -0.25) is 4.79 Å². The number of ether oxygens (including phenoxy) is 1. The van der Waals surface area contributed by atoms with Crippen LogP contribution in [0, 0.1) is 13.8 Å². The predicted octanol–water partition coefficient (Wildman–Crippen LogP) is 2.32. The standard InChI is InChI=1S/C18H16N4O3/c1-12-3-4-13(2)16(9-12)17(23)10-25-18(24)14-5-7-15(8-6-14)22-11-19-20-21-22/h3-9,11H,10H2,1-2H3. The molecule has 0 fully saturated rings. The SMILES string of the molecule is Cc1ccc(C)c(C(=O)COC(=O)c2ccc(-n3cnnn3)cc2)c1. The summed E-state index contributed by atoms with van der Waals surface area (Å²) in [5.41, 5.74) is 3.48. The first kappa shape index (κ1) is 16.5. The quantitative estimate of drug-likeness (QED) is 0.525. The molecule has 1 heterocycles. The monoisotopic (exact) mass is 336 g/mol. The number of hydrogen-bond acceptors (Lipinski definition) is 6. The van der Waals surface area contributed by atoms with Crippen LogP contribution in [-0.4, -0.2) is 38.6 Å². The predicted molar refractivity (Wildman–Crippen MR) is 89.7 cm³/mol. The highest BCUT2D eigenvalue weighted by molar-refractivity contribution is 6.00. The number of carbonyl (C=O) groups excluding carboxylic acids is 2. The normalized spacial score (nSPS) is 10.5. The van der Waals surface area contributed by atoms with Crippen LogP contribution in [0.2, 0.25) is 0 Å². The van der Waals surface area contributed by atoms with E-state index in [4.69, 9.17) is 4.74 Å². The molecule has 7 heteroatoms. The van der Waals surface area contributed by atoms with E-state index in [2.05, 4.69) is 15.5 Å². The zero-order valence-corrected chi connectivity index (χ0v) is 13.8. The van der Waals surface area contributed by atoms with Crippen molar-refractivity contribution in [1.29, 1.82) is 0 Å². The van der Waals surface area contributed by atoms with Crippen molar-refractivity contribution in [3.8, 4) is 5.69 Å². The minimum absolute atomic E-state index is 0.222. The Labute approximate surface area is 144 Å². The van der Waals surface area contributed by atoms with Crippen LogP contribution >= 0.6 is 0 Å². The van der Waals surface area contributed by atoms with E-state index in [1.807, 2.05) is 26.0 Å². The van der Waals surface area contributed by atoms with Crippen LogP contribution in [0.25, 0.3) is 5.69 Å². The smallest absolute Gasteiger partial charge is 0.338 e. The topological polar surface area (TPSA) is 87.0 Å². The highest BCUT2D eigenvalue weighted by atomic mass is 16.5. The minimum atomic E-state index is -0.554. The van der Waals surface area contributed by atoms with Crippen LogP contribution in [0.15, 0.2) is 48.8 Å². The molecule has 0 saturated heterocycles. The molecule has 0 aliphatic carbocycles. The third-order valence-electron chi connectivity index (χ3n) is 3.74. The van der Waals surface area contributed by atoms with Gasteiger partial charge in [0.05, 0.1) is 11.3 Å². The van der Waals surface area contributed by atoms with Gasteiger partial charge in [-0.1, -0.05) is 17.7 Å². The molecular weight excluding hydrogens is 320 g/mol. The lowest BCUT2D eigenvalue weighted by Gasteiger charge is -2.08. The van der Waals surface area contributed by atoms with Crippen LogP contribution < -0.4 is 0 Å². The molecular formula is C18H16N4O3. The Morgan fingerprint density at radius 1 is 1.08 bits per heavy atom. The van der Waals surface area contributed by atoms with Crippen molar-refractivity contribution in [2.24, 2.45) is 0 Å². The number of Topliss-reactive ketones (excluding diaryl/α,β-unsaturated/α-hetero) is 1. The van der Waals surface area contributed by atoms with E-state index in [1.165, 1.54) is 11.0 Å². The number of benzene rings is 2. The molecule has 25 heavy (non-hydrogen) atoms. The van der Waals surface area contributed by atoms with E-state index < -0.39 is 5.97 Å². The number of hydrogen-bond donors (Lipinski definition) is 0. The van der Waals surface area contributed by atoms with Crippen molar-refractivity contribution in [3.63, 3.8) is 0 Å². The maximum Gasteiger partial charge on any atom is 0.338 e. The van der Waals surface area contributed by atoms with Crippen molar-refractivity contribution in [2.75, 3.05) is 6.61 Å². The summed E-state index contributed by atoms with van der Waals surface area (Å²) in [6.45, 7) is 3.47. The first-order chi connectivity index (χ1) is 12.0. The highest BCUT2D eigenvalue weighted by Gasteiger charge is 2.14. The van der Waals surface area contributed by atoms with Gasteiger partial charge in [-0.05, 0) is 60.2 Å². The van der Waals surface area contributed by atoms with E-state index >= 15 is 0 Å². The Kier molecular flexibility index (Phi) is 4.65. The van der Waals surface area contributed by atoms with Gasteiger partial charge in [0.1, 0.15) is 6.33 Å². The third-order valence-corrected chi connectivity index (χ3v) is 3.74. The Morgan fingerprint density at radius 2 is 1.84 bits per heavy atom. The molecule has 0 radical (unpaired) electrons. The fourth-order valence-electron chi connectivity index (χ4n) is 2.36. The van der Waals surface area contributed by atoms with Crippen molar-refractivity contribution < 1.29 is 14.3 Å². The van der Waals surface area contributed by atoms with Crippen LogP contribution in [0.3, 0.4) is 0 Å². The third kappa shape index (κ3) is 3.77. The molecule has 0 aliphatic heterocycles. The zero-order valence-electron chi connectivity index (χ0n) is 13.8. The second-order valence-corrected chi connectivity index (χ2v) is 5.62. The molecule has 0 amide bonds. The Balaban J connectivity index is 1.64. The van der Waals surface area contributed by atoms with E-state index in [0.717, 1.165) is 11.1 Å². The fourth-order valence-corrected chi connectivity index (χ4v) is 2.36. The molecule has 126 valence electrons. The van der Waals surface area contributed by atoms with Crippen molar-refractivity contribution in [1.82, 2.24) is 20.2 Å². The zero-order chi connectivity index (χ0) is 17.8. The van der Waals surface area contributed by atoms with Gasteiger partial charge in [0.25, 0.3) is 0 Å². The summed E-state index contributed by atoms with van der Waals surface area (Å²) in [6.07, 6.45) is 1.45. The summed E-state index contributed by atoms with van der Waals surface area (Å²) in [5, 5.41) is 10.9. The van der Waals surface area contributed by atoms with Gasteiger partial charge >= 0.3 is 5.97 Å². The molecule has 7 nitrogen and oxygen atoms in total. The Hall–Kier alpha value is -3.35.